The zero-order valence-corrected chi connectivity index (χ0v) is 20.1. The number of aryl methyl sites for hydroxylation is 1. The molecule has 0 saturated heterocycles. The number of unbranched alkanes of at least 4 members (excludes halogenated alkanes) is 1. The third-order valence-electron chi connectivity index (χ3n) is 4.88. The third kappa shape index (κ3) is 5.41. The molecule has 29 heavy (non-hydrogen) atoms. The number of aromatic nitrogens is 4. The van der Waals surface area contributed by atoms with Crippen molar-refractivity contribution in [3.63, 3.8) is 0 Å². The maximum atomic E-state index is 6.11. The van der Waals surface area contributed by atoms with Gasteiger partial charge in [0.25, 0.3) is 5.88 Å². The normalized spacial score (nSPS) is 11.9. The van der Waals surface area contributed by atoms with E-state index < -0.39 is 0 Å². The molecule has 0 aliphatic rings. The van der Waals surface area contributed by atoms with Crippen LogP contribution in [0.3, 0.4) is 0 Å². The number of hydrogen-bond acceptors (Lipinski definition) is 6. The minimum absolute atomic E-state index is 0. The van der Waals surface area contributed by atoms with Gasteiger partial charge < -0.3 is 19.8 Å². The molecular weight excluding hydrogens is 377 g/mol. The Balaban J connectivity index is 0.00000300. The Bertz CT molecular complexity index is 927. The number of imidazole rings is 1. The molecule has 1 aromatic carbocycles. The SMILES string of the molecule is CCCCc1nc2c(N)nnc(OC(C)CC)c2n1Cc1ccc(OC)cc1.[Na]. The van der Waals surface area contributed by atoms with Gasteiger partial charge in [0, 0.05) is 42.5 Å². The zero-order valence-electron chi connectivity index (χ0n) is 18.1. The molecule has 0 fully saturated rings. The topological polar surface area (TPSA) is 88.1 Å². The molecule has 2 N–H and O–H groups in total. The van der Waals surface area contributed by atoms with Gasteiger partial charge in [-0.05, 0) is 37.5 Å². The minimum atomic E-state index is 0. The van der Waals surface area contributed by atoms with E-state index in [0.29, 0.717) is 23.8 Å². The quantitative estimate of drug-likeness (QED) is 0.546. The number of nitrogens with zero attached hydrogens (tertiary/aromatic N) is 4. The molecule has 0 saturated carbocycles. The van der Waals surface area contributed by atoms with Crippen molar-refractivity contribution in [2.75, 3.05) is 12.8 Å². The van der Waals surface area contributed by atoms with Crippen molar-refractivity contribution in [1.29, 1.82) is 0 Å². The van der Waals surface area contributed by atoms with E-state index in [1.807, 2.05) is 19.1 Å². The van der Waals surface area contributed by atoms with E-state index >= 15 is 0 Å². The van der Waals surface area contributed by atoms with Crippen molar-refractivity contribution in [1.82, 2.24) is 19.7 Å². The summed E-state index contributed by atoms with van der Waals surface area (Å²) in [6.45, 7) is 6.92. The Morgan fingerprint density at radius 2 is 1.86 bits per heavy atom. The van der Waals surface area contributed by atoms with Gasteiger partial charge in [-0.15, -0.1) is 10.2 Å². The van der Waals surface area contributed by atoms with Crippen molar-refractivity contribution in [2.45, 2.75) is 59.1 Å². The zero-order chi connectivity index (χ0) is 20.1. The molecule has 0 spiro atoms. The predicted molar refractivity (Wildman–Crippen MR) is 117 cm³/mol. The number of benzene rings is 1. The van der Waals surface area contributed by atoms with Crippen LogP contribution in [0.5, 0.6) is 11.6 Å². The molecule has 0 bridgehead atoms. The standard InChI is InChI=1S/C21H29N5O2.Na/c1-5-7-8-17-23-18-19(21(25-24-20(18)22)28-14(3)6-2)26(17)13-15-9-11-16(27-4)12-10-15;/h9-12,14H,5-8,13H2,1-4H3,(H2,22,24);. The van der Waals surface area contributed by atoms with Gasteiger partial charge in [0.2, 0.25) is 0 Å². The second-order valence-electron chi connectivity index (χ2n) is 6.99. The number of nitrogens with two attached hydrogens (primary N) is 1. The fraction of sp³-hybridized carbons (Fsp3) is 0.476. The Kier molecular flexibility index (Phi) is 8.74. The third-order valence-corrected chi connectivity index (χ3v) is 4.88. The summed E-state index contributed by atoms with van der Waals surface area (Å²) in [6, 6.07) is 8.04. The first-order chi connectivity index (χ1) is 13.6. The van der Waals surface area contributed by atoms with Gasteiger partial charge in [0.1, 0.15) is 22.6 Å². The number of rotatable bonds is 9. The number of anilines is 1. The van der Waals surface area contributed by atoms with Crippen molar-refractivity contribution in [3.05, 3.63) is 35.7 Å². The number of hydrogen-bond donors (Lipinski definition) is 1. The molecule has 8 heteroatoms. The van der Waals surface area contributed by atoms with Crippen LogP contribution in [0.4, 0.5) is 5.82 Å². The number of methoxy groups -OCH3 is 1. The molecule has 0 aliphatic heterocycles. The summed E-state index contributed by atoms with van der Waals surface area (Å²) < 4.78 is 13.5. The summed E-state index contributed by atoms with van der Waals surface area (Å²) in [7, 11) is 1.67. The van der Waals surface area contributed by atoms with Gasteiger partial charge in [0.15, 0.2) is 5.82 Å². The summed E-state index contributed by atoms with van der Waals surface area (Å²) in [4.78, 5) is 4.80. The van der Waals surface area contributed by atoms with Crippen molar-refractivity contribution >= 4 is 46.4 Å². The number of ether oxygens (including phenoxy) is 2. The van der Waals surface area contributed by atoms with Crippen LogP contribution in [0.25, 0.3) is 11.0 Å². The van der Waals surface area contributed by atoms with Crippen LogP contribution in [-0.4, -0.2) is 62.5 Å². The summed E-state index contributed by atoms with van der Waals surface area (Å²) in [5, 5.41) is 8.31. The summed E-state index contributed by atoms with van der Waals surface area (Å²) >= 11 is 0. The first-order valence-corrected chi connectivity index (χ1v) is 9.88. The van der Waals surface area contributed by atoms with Crippen molar-refractivity contribution in [3.8, 4) is 11.6 Å². The van der Waals surface area contributed by atoms with Crippen LogP contribution in [0.1, 0.15) is 51.4 Å². The molecule has 151 valence electrons. The summed E-state index contributed by atoms with van der Waals surface area (Å²) in [5.41, 5.74) is 8.73. The largest absolute Gasteiger partial charge is 0.497 e. The van der Waals surface area contributed by atoms with E-state index in [-0.39, 0.29) is 35.7 Å². The van der Waals surface area contributed by atoms with E-state index in [9.17, 15) is 0 Å². The number of nitrogen functional groups attached to an aromatic ring is 1. The Hall–Kier alpha value is -1.83. The van der Waals surface area contributed by atoms with Crippen LogP contribution in [0.15, 0.2) is 24.3 Å². The van der Waals surface area contributed by atoms with Gasteiger partial charge in [-0.3, -0.25) is 0 Å². The van der Waals surface area contributed by atoms with E-state index in [1.54, 1.807) is 7.11 Å². The van der Waals surface area contributed by atoms with E-state index in [2.05, 4.69) is 40.7 Å². The summed E-state index contributed by atoms with van der Waals surface area (Å²) in [6.07, 6.45) is 3.92. The summed E-state index contributed by atoms with van der Waals surface area (Å²) in [5.74, 6) is 2.63. The minimum Gasteiger partial charge on any atom is -0.497 e. The van der Waals surface area contributed by atoms with Crippen LogP contribution in [0.2, 0.25) is 0 Å². The molecule has 2 aromatic heterocycles. The first kappa shape index (κ1) is 23.4. The molecule has 0 aliphatic carbocycles. The van der Waals surface area contributed by atoms with Gasteiger partial charge in [-0.2, -0.15) is 0 Å². The fourth-order valence-corrected chi connectivity index (χ4v) is 3.05. The van der Waals surface area contributed by atoms with Crippen LogP contribution in [0, 0.1) is 0 Å². The van der Waals surface area contributed by atoms with Crippen molar-refractivity contribution < 1.29 is 9.47 Å². The molecule has 1 atom stereocenters. The molecule has 7 nitrogen and oxygen atoms in total. The monoisotopic (exact) mass is 406 g/mol. The molecule has 1 unspecified atom stereocenters. The van der Waals surface area contributed by atoms with Crippen LogP contribution < -0.4 is 15.2 Å². The van der Waals surface area contributed by atoms with Gasteiger partial charge in [0.05, 0.1) is 13.2 Å². The molecule has 0 amide bonds. The van der Waals surface area contributed by atoms with E-state index in [4.69, 9.17) is 20.2 Å². The molecular formula is C21H29N5NaO2. The molecule has 3 aromatic rings. The van der Waals surface area contributed by atoms with Crippen LogP contribution >= 0.6 is 0 Å². The van der Waals surface area contributed by atoms with Gasteiger partial charge in [-0.25, -0.2) is 4.98 Å². The van der Waals surface area contributed by atoms with Crippen LogP contribution in [-0.2, 0) is 13.0 Å². The second kappa shape index (κ2) is 10.8. The Labute approximate surface area is 194 Å². The maximum absolute atomic E-state index is 6.11. The first-order valence-electron chi connectivity index (χ1n) is 9.88. The van der Waals surface area contributed by atoms with Crippen molar-refractivity contribution in [2.24, 2.45) is 0 Å². The number of fused-ring (bicyclic) bond motifs is 1. The molecule has 3 rings (SSSR count). The Morgan fingerprint density at radius 3 is 2.48 bits per heavy atom. The average molecular weight is 406 g/mol. The van der Waals surface area contributed by atoms with Gasteiger partial charge >= 0.3 is 0 Å². The molecule has 2 heterocycles. The Morgan fingerprint density at radius 1 is 1.14 bits per heavy atom. The smallest absolute Gasteiger partial charge is 0.260 e. The molecule has 1 radical (unpaired) electrons. The van der Waals surface area contributed by atoms with E-state index in [0.717, 1.165) is 48.3 Å². The maximum Gasteiger partial charge on any atom is 0.260 e. The second-order valence-corrected chi connectivity index (χ2v) is 6.99. The predicted octanol–water partition coefficient (Wildman–Crippen LogP) is 3.60. The van der Waals surface area contributed by atoms with Gasteiger partial charge in [-0.1, -0.05) is 32.4 Å². The fourth-order valence-electron chi connectivity index (χ4n) is 3.05. The van der Waals surface area contributed by atoms with E-state index in [1.165, 1.54) is 0 Å². The average Bonchev–Trinajstić information content (AvgIpc) is 3.08.